The quantitative estimate of drug-likeness (QED) is 0.630. The number of rotatable bonds is 4. The second kappa shape index (κ2) is 4.80. The molecule has 0 amide bonds. The Labute approximate surface area is 96.2 Å². The van der Waals surface area contributed by atoms with Gasteiger partial charge in [0, 0.05) is 28.6 Å². The summed E-state index contributed by atoms with van der Waals surface area (Å²) in [6, 6.07) is 0.114. The van der Waals surface area contributed by atoms with Crippen LogP contribution in [0.15, 0.2) is 17.1 Å². The number of nitrogens with zero attached hydrogens (tertiary/aromatic N) is 2. The van der Waals surface area contributed by atoms with Crippen molar-refractivity contribution < 1.29 is 0 Å². The van der Waals surface area contributed by atoms with Crippen molar-refractivity contribution in [1.29, 1.82) is 0 Å². The van der Waals surface area contributed by atoms with Gasteiger partial charge in [-0.05, 0) is 6.92 Å². The fraction of sp³-hybridized carbons (Fsp3) is 0.333. The molecule has 0 aliphatic carbocycles. The van der Waals surface area contributed by atoms with Crippen LogP contribution in [-0.2, 0) is 6.42 Å². The van der Waals surface area contributed by atoms with E-state index in [0.717, 1.165) is 22.0 Å². The Morgan fingerprint density at radius 3 is 2.93 bits per heavy atom. The summed E-state index contributed by atoms with van der Waals surface area (Å²) in [6.45, 7) is 2.00. The SMILES string of the molecule is Cc1csc(CC(NN)c2cncs2)n1. The van der Waals surface area contributed by atoms with Gasteiger partial charge in [0.2, 0.25) is 0 Å². The topological polar surface area (TPSA) is 63.8 Å². The molecule has 0 aliphatic heterocycles. The maximum atomic E-state index is 5.52. The predicted molar refractivity (Wildman–Crippen MR) is 62.7 cm³/mol. The second-order valence-electron chi connectivity index (χ2n) is 3.21. The van der Waals surface area contributed by atoms with Crippen molar-refractivity contribution in [2.75, 3.05) is 0 Å². The van der Waals surface area contributed by atoms with E-state index in [2.05, 4.69) is 20.8 Å². The Hall–Kier alpha value is -0.820. The molecule has 2 rings (SSSR count). The number of aryl methyl sites for hydroxylation is 1. The minimum atomic E-state index is 0.114. The lowest BCUT2D eigenvalue weighted by atomic mass is 10.2. The molecular weight excluding hydrogens is 228 g/mol. The summed E-state index contributed by atoms with van der Waals surface area (Å²) < 4.78 is 0. The minimum Gasteiger partial charge on any atom is -0.271 e. The molecule has 6 heteroatoms. The Kier molecular flexibility index (Phi) is 3.42. The molecule has 4 nitrogen and oxygen atoms in total. The molecule has 0 radical (unpaired) electrons. The number of hydrogen-bond acceptors (Lipinski definition) is 6. The van der Waals surface area contributed by atoms with Crippen molar-refractivity contribution in [2.24, 2.45) is 5.84 Å². The molecule has 80 valence electrons. The van der Waals surface area contributed by atoms with Crippen molar-refractivity contribution in [3.63, 3.8) is 0 Å². The van der Waals surface area contributed by atoms with E-state index in [9.17, 15) is 0 Å². The molecule has 2 aromatic rings. The monoisotopic (exact) mass is 240 g/mol. The number of nitrogens with one attached hydrogen (secondary N) is 1. The van der Waals surface area contributed by atoms with Crippen LogP contribution in [0.2, 0.25) is 0 Å². The van der Waals surface area contributed by atoms with Gasteiger partial charge in [-0.2, -0.15) is 0 Å². The highest BCUT2D eigenvalue weighted by Gasteiger charge is 2.13. The van der Waals surface area contributed by atoms with Gasteiger partial charge in [0.05, 0.1) is 16.6 Å². The van der Waals surface area contributed by atoms with Gasteiger partial charge < -0.3 is 0 Å². The lowest BCUT2D eigenvalue weighted by molar-refractivity contribution is 0.558. The third kappa shape index (κ3) is 2.60. The average Bonchev–Trinajstić information content (AvgIpc) is 2.85. The molecule has 0 aliphatic rings. The van der Waals surface area contributed by atoms with Gasteiger partial charge in [-0.25, -0.2) is 4.98 Å². The zero-order valence-corrected chi connectivity index (χ0v) is 9.94. The van der Waals surface area contributed by atoms with Crippen molar-refractivity contribution in [2.45, 2.75) is 19.4 Å². The van der Waals surface area contributed by atoms with Gasteiger partial charge in [-0.15, -0.1) is 22.7 Å². The van der Waals surface area contributed by atoms with E-state index in [4.69, 9.17) is 5.84 Å². The van der Waals surface area contributed by atoms with Crippen molar-refractivity contribution in [3.05, 3.63) is 32.7 Å². The summed E-state index contributed by atoms with van der Waals surface area (Å²) >= 11 is 3.27. The Morgan fingerprint density at radius 2 is 2.40 bits per heavy atom. The first-order valence-corrected chi connectivity index (χ1v) is 6.31. The lowest BCUT2D eigenvalue weighted by Gasteiger charge is -2.11. The molecule has 15 heavy (non-hydrogen) atoms. The van der Waals surface area contributed by atoms with E-state index < -0.39 is 0 Å². The Balaban J connectivity index is 2.09. The van der Waals surface area contributed by atoms with Gasteiger partial charge in [0.15, 0.2) is 0 Å². The fourth-order valence-corrected chi connectivity index (χ4v) is 2.81. The largest absolute Gasteiger partial charge is 0.271 e. The van der Waals surface area contributed by atoms with Crippen LogP contribution in [0.5, 0.6) is 0 Å². The smallest absolute Gasteiger partial charge is 0.0947 e. The number of hydrogen-bond donors (Lipinski definition) is 2. The van der Waals surface area contributed by atoms with Gasteiger partial charge in [0.1, 0.15) is 0 Å². The Bertz CT molecular complexity index is 409. The maximum Gasteiger partial charge on any atom is 0.0947 e. The highest BCUT2D eigenvalue weighted by Crippen LogP contribution is 2.22. The summed E-state index contributed by atoms with van der Waals surface area (Å²) in [4.78, 5) is 9.60. The van der Waals surface area contributed by atoms with Crippen molar-refractivity contribution >= 4 is 22.7 Å². The highest BCUT2D eigenvalue weighted by molar-refractivity contribution is 7.10. The highest BCUT2D eigenvalue weighted by atomic mass is 32.1. The minimum absolute atomic E-state index is 0.114. The van der Waals surface area contributed by atoms with Gasteiger partial charge >= 0.3 is 0 Å². The number of nitrogens with two attached hydrogens (primary N) is 1. The summed E-state index contributed by atoms with van der Waals surface area (Å²) in [7, 11) is 0. The molecule has 0 fully saturated rings. The first kappa shape index (κ1) is 10.7. The van der Waals surface area contributed by atoms with E-state index in [0.29, 0.717) is 0 Å². The van der Waals surface area contributed by atoms with Crippen LogP contribution in [0.25, 0.3) is 0 Å². The molecule has 0 saturated heterocycles. The molecule has 0 saturated carbocycles. The van der Waals surface area contributed by atoms with E-state index in [1.807, 2.05) is 18.6 Å². The summed E-state index contributed by atoms with van der Waals surface area (Å²) in [6.07, 6.45) is 2.66. The van der Waals surface area contributed by atoms with Crippen LogP contribution < -0.4 is 11.3 Å². The maximum absolute atomic E-state index is 5.52. The zero-order chi connectivity index (χ0) is 10.7. The standard InChI is InChI=1S/C9H12N4S2/c1-6-4-14-9(12-6)2-7(13-10)8-3-11-5-15-8/h3-5,7,13H,2,10H2,1H3. The normalized spacial score (nSPS) is 12.9. The van der Waals surface area contributed by atoms with E-state index in [1.54, 1.807) is 22.7 Å². The van der Waals surface area contributed by atoms with E-state index >= 15 is 0 Å². The number of thiazole rings is 2. The Morgan fingerprint density at radius 1 is 1.53 bits per heavy atom. The molecule has 0 spiro atoms. The van der Waals surface area contributed by atoms with Crippen molar-refractivity contribution in [3.8, 4) is 0 Å². The predicted octanol–water partition coefficient (Wildman–Crippen LogP) is 1.66. The molecular formula is C9H12N4S2. The van der Waals surface area contributed by atoms with Crippen LogP contribution in [0.1, 0.15) is 21.6 Å². The number of aromatic nitrogens is 2. The first-order valence-electron chi connectivity index (χ1n) is 4.55. The number of hydrazine groups is 1. The summed E-state index contributed by atoms with van der Waals surface area (Å²) in [5.41, 5.74) is 5.68. The van der Waals surface area contributed by atoms with Crippen LogP contribution in [-0.4, -0.2) is 9.97 Å². The summed E-state index contributed by atoms with van der Waals surface area (Å²) in [5, 5.41) is 3.15. The fourth-order valence-electron chi connectivity index (χ4n) is 1.31. The van der Waals surface area contributed by atoms with Gasteiger partial charge in [0.25, 0.3) is 0 Å². The van der Waals surface area contributed by atoms with Crippen molar-refractivity contribution in [1.82, 2.24) is 15.4 Å². The molecule has 2 heterocycles. The third-order valence-corrected chi connectivity index (χ3v) is 3.92. The molecule has 2 aromatic heterocycles. The second-order valence-corrected chi connectivity index (χ2v) is 5.07. The van der Waals surface area contributed by atoms with Crippen LogP contribution >= 0.6 is 22.7 Å². The molecule has 1 unspecified atom stereocenters. The van der Waals surface area contributed by atoms with Crippen LogP contribution in [0.3, 0.4) is 0 Å². The van der Waals surface area contributed by atoms with Crippen LogP contribution in [0, 0.1) is 6.92 Å². The van der Waals surface area contributed by atoms with E-state index in [1.165, 1.54) is 0 Å². The molecule has 0 bridgehead atoms. The van der Waals surface area contributed by atoms with E-state index in [-0.39, 0.29) is 6.04 Å². The van der Waals surface area contributed by atoms with Gasteiger partial charge in [-0.3, -0.25) is 16.3 Å². The average molecular weight is 240 g/mol. The van der Waals surface area contributed by atoms with Crippen LogP contribution in [0.4, 0.5) is 0 Å². The zero-order valence-electron chi connectivity index (χ0n) is 8.30. The first-order chi connectivity index (χ1) is 7.29. The molecule has 0 aromatic carbocycles. The summed E-state index contributed by atoms with van der Waals surface area (Å²) in [5.74, 6) is 5.52. The molecule has 3 N–H and O–H groups in total. The van der Waals surface area contributed by atoms with Gasteiger partial charge in [-0.1, -0.05) is 0 Å². The lowest BCUT2D eigenvalue weighted by Crippen LogP contribution is -2.28. The third-order valence-electron chi connectivity index (χ3n) is 2.04. The molecule has 1 atom stereocenters.